The minimum atomic E-state index is -5.08. The number of carboxylic acids is 1. The van der Waals surface area contributed by atoms with Crippen molar-refractivity contribution in [2.24, 2.45) is 0 Å². The van der Waals surface area contributed by atoms with Gasteiger partial charge in [0.1, 0.15) is 0 Å². The number of benzene rings is 1. The van der Waals surface area contributed by atoms with Crippen LogP contribution in [0.15, 0.2) is 30.3 Å². The average molecular weight is 402 g/mol. The summed E-state index contributed by atoms with van der Waals surface area (Å²) in [6, 6.07) is 10.6. The number of carboxylic acid groups (broad SMARTS) is 1. The van der Waals surface area contributed by atoms with E-state index in [4.69, 9.17) is 14.6 Å². The smallest absolute Gasteiger partial charge is 0.475 e. The van der Waals surface area contributed by atoms with Gasteiger partial charge in [0.2, 0.25) is 5.91 Å². The van der Waals surface area contributed by atoms with Crippen LogP contribution in [0, 0.1) is 0 Å². The maximum Gasteiger partial charge on any atom is 0.490 e. The summed E-state index contributed by atoms with van der Waals surface area (Å²) < 4.78 is 37.7. The number of halogens is 3. The fourth-order valence-corrected chi connectivity index (χ4v) is 3.54. The third-order valence-corrected chi connectivity index (χ3v) is 4.92. The van der Waals surface area contributed by atoms with Crippen LogP contribution < -0.4 is 0 Å². The predicted molar refractivity (Wildman–Crippen MR) is 95.8 cm³/mol. The molecule has 3 rings (SSSR count). The van der Waals surface area contributed by atoms with E-state index < -0.39 is 12.1 Å². The number of alkyl halides is 3. The predicted octanol–water partition coefficient (Wildman–Crippen LogP) is 2.18. The topological polar surface area (TPSA) is 70.1 Å². The highest BCUT2D eigenvalue weighted by atomic mass is 19.4. The molecule has 0 spiro atoms. The Morgan fingerprint density at radius 2 is 1.86 bits per heavy atom. The van der Waals surface area contributed by atoms with E-state index >= 15 is 0 Å². The lowest BCUT2D eigenvalue weighted by Gasteiger charge is -2.33. The second-order valence-corrected chi connectivity index (χ2v) is 7.09. The Bertz CT molecular complexity index is 667. The van der Waals surface area contributed by atoms with Gasteiger partial charge < -0.3 is 19.6 Å². The molecule has 0 bridgehead atoms. The molecule has 0 radical (unpaired) electrons. The molecule has 0 aromatic heterocycles. The first kappa shape index (κ1) is 22.2. The number of rotatable bonds is 3. The highest BCUT2D eigenvalue weighted by Crippen LogP contribution is 2.31. The van der Waals surface area contributed by atoms with Gasteiger partial charge in [0.15, 0.2) is 0 Å². The fraction of sp³-hybridized carbons (Fsp3) is 0.579. The molecule has 2 aliphatic rings. The molecule has 1 aromatic carbocycles. The third kappa shape index (κ3) is 5.68. The summed E-state index contributed by atoms with van der Waals surface area (Å²) >= 11 is 0. The lowest BCUT2D eigenvalue weighted by molar-refractivity contribution is -0.192. The van der Waals surface area contributed by atoms with Crippen LogP contribution in [0.5, 0.6) is 0 Å². The van der Waals surface area contributed by atoms with E-state index in [1.54, 1.807) is 0 Å². The number of aliphatic carboxylic acids is 1. The van der Waals surface area contributed by atoms with Crippen molar-refractivity contribution in [3.8, 4) is 0 Å². The van der Waals surface area contributed by atoms with Crippen LogP contribution in [0.2, 0.25) is 0 Å². The van der Waals surface area contributed by atoms with E-state index in [0.717, 1.165) is 31.6 Å². The largest absolute Gasteiger partial charge is 0.490 e. The number of fused-ring (bicyclic) bond motifs is 1. The molecule has 2 fully saturated rings. The number of hydrogen-bond donors (Lipinski definition) is 1. The molecule has 0 unspecified atom stereocenters. The normalized spacial score (nSPS) is 24.4. The zero-order valence-corrected chi connectivity index (χ0v) is 15.9. The zero-order valence-electron chi connectivity index (χ0n) is 15.9. The number of likely N-dealkylation sites (tertiary alicyclic amines) is 1. The first-order valence-electron chi connectivity index (χ1n) is 9.02. The van der Waals surface area contributed by atoms with Gasteiger partial charge in [-0.1, -0.05) is 30.3 Å². The van der Waals surface area contributed by atoms with E-state index in [1.165, 1.54) is 0 Å². The Hall–Kier alpha value is -2.13. The molecule has 1 N–H and O–H groups in total. The first-order valence-corrected chi connectivity index (χ1v) is 9.02. The Balaban J connectivity index is 0.000000345. The third-order valence-electron chi connectivity index (χ3n) is 4.92. The van der Waals surface area contributed by atoms with Gasteiger partial charge in [-0.05, 0) is 32.5 Å². The molecule has 0 saturated carbocycles. The maximum absolute atomic E-state index is 12.7. The van der Waals surface area contributed by atoms with Crippen LogP contribution >= 0.6 is 0 Å². The number of amides is 1. The fourth-order valence-electron chi connectivity index (χ4n) is 3.54. The van der Waals surface area contributed by atoms with Gasteiger partial charge in [-0.3, -0.25) is 4.79 Å². The van der Waals surface area contributed by atoms with Gasteiger partial charge in [-0.15, -0.1) is 0 Å². The van der Waals surface area contributed by atoms with Gasteiger partial charge >= 0.3 is 12.1 Å². The minimum Gasteiger partial charge on any atom is -0.475 e. The molecular weight excluding hydrogens is 377 g/mol. The quantitative estimate of drug-likeness (QED) is 0.839. The molecule has 1 aromatic rings. The van der Waals surface area contributed by atoms with Crippen molar-refractivity contribution in [3.63, 3.8) is 0 Å². The van der Waals surface area contributed by atoms with Crippen molar-refractivity contribution in [3.05, 3.63) is 35.9 Å². The molecule has 28 heavy (non-hydrogen) atoms. The number of nitrogens with zero attached hydrogens (tertiary/aromatic N) is 2. The average Bonchev–Trinajstić information content (AvgIpc) is 3.02. The summed E-state index contributed by atoms with van der Waals surface area (Å²) in [7, 11) is 4.15. The lowest BCUT2D eigenvalue weighted by atomic mass is 10.0. The number of likely N-dealkylation sites (N-methyl/N-ethyl adjacent to an activating group) is 1. The Morgan fingerprint density at radius 1 is 1.25 bits per heavy atom. The number of ether oxygens (including phenoxy) is 1. The molecule has 2 heterocycles. The van der Waals surface area contributed by atoms with Crippen LogP contribution in [0.1, 0.15) is 18.4 Å². The van der Waals surface area contributed by atoms with E-state index in [-0.39, 0.29) is 18.1 Å². The Morgan fingerprint density at radius 3 is 2.39 bits per heavy atom. The Labute approximate surface area is 161 Å². The van der Waals surface area contributed by atoms with Gasteiger partial charge in [0.05, 0.1) is 24.6 Å². The molecule has 9 heteroatoms. The number of carbonyl (C=O) groups excluding carboxylic acids is 1. The van der Waals surface area contributed by atoms with Crippen LogP contribution in [-0.4, -0.2) is 78.4 Å². The van der Waals surface area contributed by atoms with Crippen molar-refractivity contribution in [2.75, 3.05) is 27.2 Å². The van der Waals surface area contributed by atoms with Crippen LogP contribution in [0.4, 0.5) is 13.2 Å². The van der Waals surface area contributed by atoms with Crippen LogP contribution in [0.25, 0.3) is 0 Å². The monoisotopic (exact) mass is 402 g/mol. The van der Waals surface area contributed by atoms with Gasteiger partial charge in [0.25, 0.3) is 0 Å². The van der Waals surface area contributed by atoms with Crippen molar-refractivity contribution in [2.45, 2.75) is 43.6 Å². The van der Waals surface area contributed by atoms with Gasteiger partial charge in [-0.25, -0.2) is 4.79 Å². The van der Waals surface area contributed by atoms with E-state index in [2.05, 4.69) is 23.9 Å². The molecule has 6 nitrogen and oxygen atoms in total. The zero-order chi connectivity index (χ0) is 20.9. The summed E-state index contributed by atoms with van der Waals surface area (Å²) in [5.74, 6) is -2.53. The second-order valence-electron chi connectivity index (χ2n) is 7.09. The summed E-state index contributed by atoms with van der Waals surface area (Å²) in [6.45, 7) is 1.61. The van der Waals surface area contributed by atoms with E-state index in [9.17, 15) is 18.0 Å². The van der Waals surface area contributed by atoms with Crippen LogP contribution in [0.3, 0.4) is 0 Å². The summed E-state index contributed by atoms with van der Waals surface area (Å²) in [4.78, 5) is 25.8. The molecule has 3 atom stereocenters. The summed E-state index contributed by atoms with van der Waals surface area (Å²) in [5, 5.41) is 7.12. The first-order chi connectivity index (χ1) is 13.1. The highest BCUT2D eigenvalue weighted by molar-refractivity contribution is 5.79. The Kier molecular flexibility index (Phi) is 7.42. The molecule has 0 aliphatic carbocycles. The second kappa shape index (κ2) is 9.38. The SMILES string of the molecule is CN(C)[C@@H]1CN(C(=O)Cc2ccccc2)[C@@H]2CCCO[C@H]12.O=C(O)C(F)(F)F. The number of hydrogen-bond acceptors (Lipinski definition) is 4. The maximum atomic E-state index is 12.7. The van der Waals surface area contributed by atoms with Crippen molar-refractivity contribution >= 4 is 11.9 Å². The van der Waals surface area contributed by atoms with Gasteiger partial charge in [-0.2, -0.15) is 13.2 Å². The standard InChI is InChI=1S/C17H24N2O2.C2HF3O2/c1-18(2)15-12-19(14-9-6-10-21-17(14)15)16(20)11-13-7-4-3-5-8-13;3-2(4,5)1(6)7/h3-5,7-8,14-15,17H,6,9-12H2,1-2H3;(H,6,7)/t14-,15-,17+;/m1./s1. The van der Waals surface area contributed by atoms with E-state index in [0.29, 0.717) is 12.5 Å². The highest BCUT2D eigenvalue weighted by Gasteiger charge is 2.46. The molecule has 156 valence electrons. The van der Waals surface area contributed by atoms with Crippen molar-refractivity contribution in [1.82, 2.24) is 9.80 Å². The van der Waals surface area contributed by atoms with Crippen molar-refractivity contribution < 1.29 is 32.6 Å². The minimum absolute atomic E-state index is 0.175. The van der Waals surface area contributed by atoms with Crippen LogP contribution in [-0.2, 0) is 20.7 Å². The number of carbonyl (C=O) groups is 2. The lowest BCUT2D eigenvalue weighted by Crippen LogP contribution is -2.46. The molecule has 2 aliphatic heterocycles. The summed E-state index contributed by atoms with van der Waals surface area (Å²) in [5.41, 5.74) is 1.09. The van der Waals surface area contributed by atoms with Gasteiger partial charge in [0, 0.05) is 13.2 Å². The molecule has 1 amide bonds. The van der Waals surface area contributed by atoms with Crippen molar-refractivity contribution in [1.29, 1.82) is 0 Å². The van der Waals surface area contributed by atoms with E-state index in [1.807, 2.05) is 30.3 Å². The molecular formula is C19H25F3N2O4. The molecule has 2 saturated heterocycles. The summed E-state index contributed by atoms with van der Waals surface area (Å²) in [6.07, 6.45) is -2.30.